The SMILES string of the molecule is COCC(=O)c1nc(-c2cccc(CNC(=O)OC(C)(C)C)c2)cn2cccc12. The summed E-state index contributed by atoms with van der Waals surface area (Å²) in [6.45, 7) is 5.75. The van der Waals surface area contributed by atoms with Crippen LogP contribution < -0.4 is 5.32 Å². The minimum Gasteiger partial charge on any atom is -0.444 e. The van der Waals surface area contributed by atoms with Gasteiger partial charge >= 0.3 is 6.09 Å². The first kappa shape index (κ1) is 20.5. The number of amides is 1. The lowest BCUT2D eigenvalue weighted by atomic mass is 10.1. The van der Waals surface area contributed by atoms with Gasteiger partial charge in [-0.2, -0.15) is 0 Å². The molecule has 0 fully saturated rings. The second-order valence-corrected chi connectivity index (χ2v) is 7.69. The van der Waals surface area contributed by atoms with E-state index >= 15 is 0 Å². The Balaban J connectivity index is 1.86. The Bertz CT molecular complexity index is 1030. The number of ketones is 1. The van der Waals surface area contributed by atoms with E-state index in [1.54, 1.807) is 0 Å². The van der Waals surface area contributed by atoms with Crippen LogP contribution in [0.15, 0.2) is 48.8 Å². The Hall–Kier alpha value is -3.19. The summed E-state index contributed by atoms with van der Waals surface area (Å²) in [5, 5.41) is 2.75. The molecule has 0 saturated carbocycles. The molecular formula is C22H25N3O4. The summed E-state index contributed by atoms with van der Waals surface area (Å²) in [6.07, 6.45) is 3.28. The zero-order valence-electron chi connectivity index (χ0n) is 17.1. The first-order chi connectivity index (χ1) is 13.8. The van der Waals surface area contributed by atoms with E-state index in [1.165, 1.54) is 7.11 Å². The van der Waals surface area contributed by atoms with Crippen molar-refractivity contribution in [2.45, 2.75) is 32.9 Å². The van der Waals surface area contributed by atoms with Crippen LogP contribution in [0.5, 0.6) is 0 Å². The molecule has 0 radical (unpaired) electrons. The molecule has 0 atom stereocenters. The number of ether oxygens (including phenoxy) is 2. The fraction of sp³-hybridized carbons (Fsp3) is 0.318. The highest BCUT2D eigenvalue weighted by Gasteiger charge is 2.17. The molecule has 1 N–H and O–H groups in total. The lowest BCUT2D eigenvalue weighted by Crippen LogP contribution is -2.32. The van der Waals surface area contributed by atoms with Crippen molar-refractivity contribution in [1.29, 1.82) is 0 Å². The van der Waals surface area contributed by atoms with E-state index in [2.05, 4.69) is 10.3 Å². The van der Waals surface area contributed by atoms with Gasteiger partial charge in [-0.1, -0.05) is 18.2 Å². The summed E-state index contributed by atoms with van der Waals surface area (Å²) in [5.74, 6) is -0.180. The molecule has 7 heteroatoms. The summed E-state index contributed by atoms with van der Waals surface area (Å²) in [7, 11) is 1.48. The largest absolute Gasteiger partial charge is 0.444 e. The summed E-state index contributed by atoms with van der Waals surface area (Å²) in [5.41, 5.74) is 2.95. The van der Waals surface area contributed by atoms with E-state index in [9.17, 15) is 9.59 Å². The van der Waals surface area contributed by atoms with Gasteiger partial charge in [0, 0.05) is 31.6 Å². The van der Waals surface area contributed by atoms with Gasteiger partial charge in [0.05, 0.1) is 11.2 Å². The number of carbonyl (C=O) groups excluding carboxylic acids is 2. The lowest BCUT2D eigenvalue weighted by Gasteiger charge is -2.19. The summed E-state index contributed by atoms with van der Waals surface area (Å²) in [4.78, 5) is 28.9. The van der Waals surface area contributed by atoms with Crippen molar-refractivity contribution in [1.82, 2.24) is 14.7 Å². The number of alkyl carbamates (subject to hydrolysis) is 1. The van der Waals surface area contributed by atoms with Gasteiger partial charge in [-0.3, -0.25) is 4.79 Å². The average molecular weight is 395 g/mol. The molecule has 152 valence electrons. The predicted octanol–water partition coefficient (Wildman–Crippen LogP) is 3.86. The van der Waals surface area contributed by atoms with Crippen LogP contribution in [-0.4, -0.2) is 40.6 Å². The smallest absolute Gasteiger partial charge is 0.407 e. The molecule has 0 aliphatic rings. The third-order valence-electron chi connectivity index (χ3n) is 4.11. The number of nitrogens with zero attached hydrogens (tertiary/aromatic N) is 2. The number of hydrogen-bond acceptors (Lipinski definition) is 5. The van der Waals surface area contributed by atoms with Crippen LogP contribution in [0.1, 0.15) is 36.8 Å². The monoisotopic (exact) mass is 395 g/mol. The Morgan fingerprint density at radius 2 is 1.97 bits per heavy atom. The molecule has 3 aromatic rings. The molecule has 0 saturated heterocycles. The van der Waals surface area contributed by atoms with Crippen molar-refractivity contribution in [3.8, 4) is 11.3 Å². The van der Waals surface area contributed by atoms with Gasteiger partial charge in [0.15, 0.2) is 0 Å². The summed E-state index contributed by atoms with van der Waals surface area (Å²) >= 11 is 0. The average Bonchev–Trinajstić information content (AvgIpc) is 3.13. The maximum atomic E-state index is 12.4. The van der Waals surface area contributed by atoms with Crippen LogP contribution in [0.2, 0.25) is 0 Å². The molecule has 29 heavy (non-hydrogen) atoms. The highest BCUT2D eigenvalue weighted by atomic mass is 16.6. The fourth-order valence-electron chi connectivity index (χ4n) is 2.92. The third kappa shape index (κ3) is 5.20. The molecule has 7 nitrogen and oxygen atoms in total. The van der Waals surface area contributed by atoms with Gasteiger partial charge < -0.3 is 19.2 Å². The van der Waals surface area contributed by atoms with Gasteiger partial charge in [-0.15, -0.1) is 0 Å². The second-order valence-electron chi connectivity index (χ2n) is 7.69. The van der Waals surface area contributed by atoms with Crippen molar-refractivity contribution >= 4 is 17.4 Å². The second kappa shape index (κ2) is 8.45. The number of fused-ring (bicyclic) bond motifs is 1. The number of benzene rings is 1. The number of nitrogens with one attached hydrogen (secondary N) is 1. The Labute approximate surface area is 169 Å². The number of aromatic nitrogens is 2. The van der Waals surface area contributed by atoms with Crippen LogP contribution in [-0.2, 0) is 16.0 Å². The van der Waals surface area contributed by atoms with Crippen molar-refractivity contribution < 1.29 is 19.1 Å². The highest BCUT2D eigenvalue weighted by molar-refractivity contribution is 6.01. The van der Waals surface area contributed by atoms with Crippen molar-refractivity contribution in [3.63, 3.8) is 0 Å². The Morgan fingerprint density at radius 3 is 2.69 bits per heavy atom. The number of Topliss-reactive ketones (excluding diaryl/α,β-unsaturated/α-hetero) is 1. The van der Waals surface area contributed by atoms with Crippen molar-refractivity contribution in [2.24, 2.45) is 0 Å². The molecule has 1 amide bonds. The standard InChI is InChI=1S/C22H25N3O4/c1-22(2,3)29-21(27)23-12-15-7-5-8-16(11-15)17-13-25-10-6-9-18(25)20(24-17)19(26)14-28-4/h5-11,13H,12,14H2,1-4H3,(H,23,27). The highest BCUT2D eigenvalue weighted by Crippen LogP contribution is 2.22. The third-order valence-corrected chi connectivity index (χ3v) is 4.11. The van der Waals surface area contributed by atoms with Crippen LogP contribution in [0.25, 0.3) is 16.8 Å². The first-order valence-electron chi connectivity index (χ1n) is 9.33. The Morgan fingerprint density at radius 1 is 1.17 bits per heavy atom. The van der Waals surface area contributed by atoms with Gasteiger partial charge in [0.2, 0.25) is 5.78 Å². The van der Waals surface area contributed by atoms with E-state index in [1.807, 2.05) is 74.0 Å². The summed E-state index contributed by atoms with van der Waals surface area (Å²) in [6, 6.07) is 11.4. The summed E-state index contributed by atoms with van der Waals surface area (Å²) < 4.78 is 12.1. The quantitative estimate of drug-likeness (QED) is 0.641. The molecule has 0 aliphatic heterocycles. The Kier molecular flexibility index (Phi) is 5.98. The van der Waals surface area contributed by atoms with E-state index in [4.69, 9.17) is 9.47 Å². The molecule has 0 bridgehead atoms. The lowest BCUT2D eigenvalue weighted by molar-refractivity contribution is 0.0523. The van der Waals surface area contributed by atoms with Crippen molar-refractivity contribution in [3.05, 3.63) is 60.0 Å². The minimum absolute atomic E-state index is 0.0306. The maximum Gasteiger partial charge on any atom is 0.407 e. The van der Waals surface area contributed by atoms with E-state index in [0.717, 1.165) is 16.6 Å². The number of rotatable bonds is 6. The van der Waals surface area contributed by atoms with E-state index < -0.39 is 11.7 Å². The first-order valence-corrected chi connectivity index (χ1v) is 9.33. The zero-order chi connectivity index (χ0) is 21.0. The van der Waals surface area contributed by atoms with E-state index in [0.29, 0.717) is 17.9 Å². The van der Waals surface area contributed by atoms with Crippen LogP contribution in [0.3, 0.4) is 0 Å². The van der Waals surface area contributed by atoms with Gasteiger partial charge in [-0.05, 0) is 44.5 Å². The molecule has 0 spiro atoms. The minimum atomic E-state index is -0.548. The fourth-order valence-corrected chi connectivity index (χ4v) is 2.92. The molecule has 1 aromatic carbocycles. The molecule has 2 aromatic heterocycles. The predicted molar refractivity (Wildman–Crippen MR) is 110 cm³/mol. The molecule has 0 aliphatic carbocycles. The topological polar surface area (TPSA) is 81.9 Å². The van der Waals surface area contributed by atoms with E-state index in [-0.39, 0.29) is 12.4 Å². The van der Waals surface area contributed by atoms with Gasteiger partial charge in [0.1, 0.15) is 17.9 Å². The molecule has 2 heterocycles. The normalized spacial score (nSPS) is 11.4. The molecule has 0 unspecified atom stereocenters. The number of methoxy groups -OCH3 is 1. The maximum absolute atomic E-state index is 12.4. The van der Waals surface area contributed by atoms with Crippen LogP contribution in [0.4, 0.5) is 4.79 Å². The van der Waals surface area contributed by atoms with Gasteiger partial charge in [-0.25, -0.2) is 9.78 Å². The van der Waals surface area contributed by atoms with Crippen molar-refractivity contribution in [2.75, 3.05) is 13.7 Å². The molecular weight excluding hydrogens is 370 g/mol. The molecule has 3 rings (SSSR count). The zero-order valence-corrected chi connectivity index (χ0v) is 17.1. The number of hydrogen-bond donors (Lipinski definition) is 1. The van der Waals surface area contributed by atoms with Gasteiger partial charge in [0.25, 0.3) is 0 Å². The number of carbonyl (C=O) groups is 2. The van der Waals surface area contributed by atoms with Crippen LogP contribution >= 0.6 is 0 Å². The van der Waals surface area contributed by atoms with Crippen LogP contribution in [0, 0.1) is 0 Å².